The Bertz CT molecular complexity index is 1230. The maximum atomic E-state index is 13.1. The van der Waals surface area contributed by atoms with Gasteiger partial charge in [-0.1, -0.05) is 30.3 Å². The highest BCUT2D eigenvalue weighted by Gasteiger charge is 2.24. The van der Waals surface area contributed by atoms with E-state index in [0.717, 1.165) is 10.9 Å². The zero-order valence-electron chi connectivity index (χ0n) is 17.5. The molecule has 6 nitrogen and oxygen atoms in total. The summed E-state index contributed by atoms with van der Waals surface area (Å²) in [7, 11) is 0. The minimum atomic E-state index is -0.657. The molecular formula is C24H22ClN3O3. The Morgan fingerprint density at radius 2 is 1.84 bits per heavy atom. The maximum Gasteiger partial charge on any atom is 0.419 e. The van der Waals surface area contributed by atoms with Gasteiger partial charge in [-0.25, -0.2) is 19.3 Å². The summed E-state index contributed by atoms with van der Waals surface area (Å²) in [5.74, 6) is 0.645. The number of nitrogens with zero attached hydrogens (tertiary/aromatic N) is 3. The van der Waals surface area contributed by atoms with Gasteiger partial charge in [0.25, 0.3) is 0 Å². The molecule has 4 aromatic rings. The lowest BCUT2D eigenvalue weighted by atomic mass is 10.2. The molecule has 2 aromatic carbocycles. The van der Waals surface area contributed by atoms with Crippen molar-refractivity contribution < 1.29 is 14.3 Å². The first kappa shape index (κ1) is 20.9. The summed E-state index contributed by atoms with van der Waals surface area (Å²) in [6.07, 6.45) is 1.04. The van der Waals surface area contributed by atoms with E-state index in [9.17, 15) is 4.79 Å². The third-order valence-corrected chi connectivity index (χ3v) is 4.67. The number of halogens is 1. The highest BCUT2D eigenvalue weighted by molar-refractivity contribution is 6.28. The van der Waals surface area contributed by atoms with Crippen LogP contribution < -0.4 is 4.74 Å². The summed E-state index contributed by atoms with van der Waals surface area (Å²) in [6.45, 7) is 5.90. The monoisotopic (exact) mass is 435 g/mol. The summed E-state index contributed by atoms with van der Waals surface area (Å²) in [5.41, 5.74) is 2.14. The standard InChI is InChI=1S/C24H22ClN3O3/c1-24(2,3)31-23(29)28-20-14-18(30-15-16-7-5-4-6-8-16)10-9-17(20)13-21(28)19-11-12-26-22(25)27-19/h4-14H,15H2,1-3H3. The molecule has 31 heavy (non-hydrogen) atoms. The molecule has 2 heterocycles. The van der Waals surface area contributed by atoms with Crippen molar-refractivity contribution in [1.29, 1.82) is 0 Å². The number of aromatic nitrogens is 3. The first-order valence-corrected chi connectivity index (χ1v) is 10.2. The molecule has 0 N–H and O–H groups in total. The van der Waals surface area contributed by atoms with E-state index in [4.69, 9.17) is 21.1 Å². The fourth-order valence-electron chi connectivity index (χ4n) is 3.18. The van der Waals surface area contributed by atoms with Gasteiger partial charge >= 0.3 is 6.09 Å². The topological polar surface area (TPSA) is 66.2 Å². The van der Waals surface area contributed by atoms with Crippen LogP contribution in [0.3, 0.4) is 0 Å². The largest absolute Gasteiger partial charge is 0.489 e. The zero-order chi connectivity index (χ0) is 22.0. The van der Waals surface area contributed by atoms with Gasteiger partial charge in [-0.05, 0) is 62.2 Å². The van der Waals surface area contributed by atoms with Gasteiger partial charge in [0.05, 0.1) is 16.9 Å². The molecule has 0 spiro atoms. The molecule has 158 valence electrons. The predicted molar refractivity (Wildman–Crippen MR) is 120 cm³/mol. The summed E-state index contributed by atoms with van der Waals surface area (Å²) in [5, 5.41) is 0.952. The molecule has 4 rings (SSSR count). The molecule has 0 fully saturated rings. The van der Waals surface area contributed by atoms with E-state index in [1.807, 2.05) is 75.4 Å². The fraction of sp³-hybridized carbons (Fsp3) is 0.208. The molecule has 0 unspecified atom stereocenters. The van der Waals surface area contributed by atoms with Crippen LogP contribution in [0, 0.1) is 0 Å². The van der Waals surface area contributed by atoms with Crippen molar-refractivity contribution in [3.05, 3.63) is 77.7 Å². The number of fused-ring (bicyclic) bond motifs is 1. The molecular weight excluding hydrogens is 414 g/mol. The van der Waals surface area contributed by atoms with Gasteiger partial charge in [-0.2, -0.15) is 0 Å². The van der Waals surface area contributed by atoms with E-state index in [-0.39, 0.29) is 5.28 Å². The number of carbonyl (C=O) groups excluding carboxylic acids is 1. The first-order chi connectivity index (χ1) is 14.8. The van der Waals surface area contributed by atoms with Crippen molar-refractivity contribution in [2.45, 2.75) is 33.0 Å². The second-order valence-electron chi connectivity index (χ2n) is 8.05. The first-order valence-electron chi connectivity index (χ1n) is 9.85. The molecule has 0 aliphatic carbocycles. The lowest BCUT2D eigenvalue weighted by Gasteiger charge is -2.21. The third-order valence-electron chi connectivity index (χ3n) is 4.49. The van der Waals surface area contributed by atoms with Crippen molar-refractivity contribution >= 4 is 28.6 Å². The smallest absolute Gasteiger partial charge is 0.419 e. The van der Waals surface area contributed by atoms with Crippen LogP contribution in [0.4, 0.5) is 4.79 Å². The normalized spacial score (nSPS) is 11.5. The van der Waals surface area contributed by atoms with E-state index < -0.39 is 11.7 Å². The Labute approximate surface area is 185 Å². The van der Waals surface area contributed by atoms with E-state index in [0.29, 0.717) is 29.3 Å². The van der Waals surface area contributed by atoms with Crippen LogP contribution in [0.5, 0.6) is 5.75 Å². The molecule has 0 amide bonds. The molecule has 0 saturated heterocycles. The Morgan fingerprint density at radius 3 is 2.55 bits per heavy atom. The number of hydrogen-bond donors (Lipinski definition) is 0. The Balaban J connectivity index is 1.77. The molecule has 0 radical (unpaired) electrons. The van der Waals surface area contributed by atoms with Crippen molar-refractivity contribution in [2.75, 3.05) is 0 Å². The van der Waals surface area contributed by atoms with Gasteiger partial charge in [-0.15, -0.1) is 0 Å². The SMILES string of the molecule is CC(C)(C)OC(=O)n1c(-c2ccnc(Cl)n2)cc2ccc(OCc3ccccc3)cc21. The van der Waals surface area contributed by atoms with Crippen LogP contribution in [-0.2, 0) is 11.3 Å². The molecule has 0 atom stereocenters. The maximum absolute atomic E-state index is 13.1. The minimum absolute atomic E-state index is 0.102. The van der Waals surface area contributed by atoms with Gasteiger partial charge < -0.3 is 9.47 Å². The quantitative estimate of drug-likeness (QED) is 0.361. The number of rotatable bonds is 4. The lowest BCUT2D eigenvalue weighted by Crippen LogP contribution is -2.27. The Morgan fingerprint density at radius 1 is 1.06 bits per heavy atom. The fourth-order valence-corrected chi connectivity index (χ4v) is 3.33. The Kier molecular flexibility index (Phi) is 5.65. The van der Waals surface area contributed by atoms with E-state index in [1.165, 1.54) is 4.57 Å². The van der Waals surface area contributed by atoms with Crippen LogP contribution >= 0.6 is 11.6 Å². The van der Waals surface area contributed by atoms with Crippen LogP contribution in [0.2, 0.25) is 5.28 Å². The average Bonchev–Trinajstić information content (AvgIpc) is 3.11. The summed E-state index contributed by atoms with van der Waals surface area (Å²) < 4.78 is 13.1. The van der Waals surface area contributed by atoms with Gasteiger partial charge in [0.2, 0.25) is 5.28 Å². The van der Waals surface area contributed by atoms with E-state index in [1.54, 1.807) is 12.3 Å². The second-order valence-corrected chi connectivity index (χ2v) is 8.39. The highest BCUT2D eigenvalue weighted by atomic mass is 35.5. The number of carbonyl (C=O) groups is 1. The summed E-state index contributed by atoms with van der Waals surface area (Å²) in [6, 6.07) is 19.1. The molecule has 0 saturated carbocycles. The highest BCUT2D eigenvalue weighted by Crippen LogP contribution is 2.31. The summed E-state index contributed by atoms with van der Waals surface area (Å²) >= 11 is 5.99. The van der Waals surface area contributed by atoms with Gasteiger partial charge in [0, 0.05) is 17.6 Å². The van der Waals surface area contributed by atoms with Crippen molar-refractivity contribution in [2.24, 2.45) is 0 Å². The zero-order valence-corrected chi connectivity index (χ0v) is 18.3. The van der Waals surface area contributed by atoms with Crippen molar-refractivity contribution in [3.8, 4) is 17.1 Å². The second kappa shape index (κ2) is 8.40. The van der Waals surface area contributed by atoms with E-state index >= 15 is 0 Å². The number of benzene rings is 2. The average molecular weight is 436 g/mol. The van der Waals surface area contributed by atoms with Crippen molar-refractivity contribution in [1.82, 2.24) is 14.5 Å². The van der Waals surface area contributed by atoms with Crippen LogP contribution in [-0.4, -0.2) is 26.2 Å². The van der Waals surface area contributed by atoms with Crippen LogP contribution in [0.25, 0.3) is 22.3 Å². The molecule has 0 aliphatic heterocycles. The predicted octanol–water partition coefficient (Wildman–Crippen LogP) is 6.11. The molecule has 0 bridgehead atoms. The minimum Gasteiger partial charge on any atom is -0.489 e. The van der Waals surface area contributed by atoms with Crippen LogP contribution in [0.1, 0.15) is 26.3 Å². The van der Waals surface area contributed by atoms with E-state index in [2.05, 4.69) is 9.97 Å². The lowest BCUT2D eigenvalue weighted by molar-refractivity contribution is 0.0547. The van der Waals surface area contributed by atoms with Gasteiger partial charge in [0.1, 0.15) is 18.0 Å². The third kappa shape index (κ3) is 4.86. The molecule has 7 heteroatoms. The molecule has 0 aliphatic rings. The van der Waals surface area contributed by atoms with Gasteiger partial charge in [-0.3, -0.25) is 0 Å². The van der Waals surface area contributed by atoms with Crippen LogP contribution in [0.15, 0.2) is 66.9 Å². The molecule has 2 aromatic heterocycles. The number of ether oxygens (including phenoxy) is 2. The van der Waals surface area contributed by atoms with Gasteiger partial charge in [0.15, 0.2) is 0 Å². The van der Waals surface area contributed by atoms with Crippen molar-refractivity contribution in [3.63, 3.8) is 0 Å². The number of hydrogen-bond acceptors (Lipinski definition) is 5. The Hall–Kier alpha value is -3.38. The summed E-state index contributed by atoms with van der Waals surface area (Å²) in [4.78, 5) is 21.3.